The van der Waals surface area contributed by atoms with Crippen LogP contribution in [0.1, 0.15) is 31.7 Å². The number of non-ortho nitro benzene ring substituents is 1. The molecule has 98 valence electrons. The highest BCUT2D eigenvalue weighted by Gasteiger charge is 2.18. The molecule has 0 amide bonds. The summed E-state index contributed by atoms with van der Waals surface area (Å²) in [4.78, 5) is 12.7. The van der Waals surface area contributed by atoms with E-state index in [1.54, 1.807) is 12.1 Å². The number of likely N-dealkylation sites (tertiary alicyclic amines) is 1. The highest BCUT2D eigenvalue weighted by Crippen LogP contribution is 2.21. The van der Waals surface area contributed by atoms with Crippen LogP contribution in [0.4, 0.5) is 5.69 Å². The molecule has 0 bridgehead atoms. The molecule has 0 radical (unpaired) electrons. The van der Waals surface area contributed by atoms with Gasteiger partial charge in [-0.05, 0) is 30.9 Å². The quantitative estimate of drug-likeness (QED) is 0.607. The first-order valence-corrected chi connectivity index (χ1v) is 6.64. The Kier molecular flexibility index (Phi) is 4.31. The zero-order valence-corrected chi connectivity index (χ0v) is 10.8. The molecule has 0 saturated carbocycles. The van der Waals surface area contributed by atoms with Crippen molar-refractivity contribution < 1.29 is 4.92 Å². The molecule has 4 heteroatoms. The van der Waals surface area contributed by atoms with Gasteiger partial charge in [-0.3, -0.25) is 15.0 Å². The van der Waals surface area contributed by atoms with E-state index in [0.717, 1.165) is 31.1 Å². The molecule has 1 heterocycles. The summed E-state index contributed by atoms with van der Waals surface area (Å²) in [5.74, 6) is 0.816. The van der Waals surface area contributed by atoms with Crippen LogP contribution in [0.25, 0.3) is 0 Å². The molecule has 0 N–H and O–H groups in total. The standard InChI is InChI=1S/C14H20N2O2/c1-2-12-4-3-9-15(10-12)11-13-5-7-14(8-6-13)16(17)18/h5-8,12H,2-4,9-11H2,1H3/t12-/m0/s1. The van der Waals surface area contributed by atoms with Crippen molar-refractivity contribution in [3.8, 4) is 0 Å². The Hall–Kier alpha value is -1.42. The van der Waals surface area contributed by atoms with Crippen LogP contribution in [0.15, 0.2) is 24.3 Å². The number of hydrogen-bond donors (Lipinski definition) is 0. The van der Waals surface area contributed by atoms with Gasteiger partial charge in [-0.1, -0.05) is 25.5 Å². The zero-order valence-electron chi connectivity index (χ0n) is 10.8. The Morgan fingerprint density at radius 3 is 2.72 bits per heavy atom. The van der Waals surface area contributed by atoms with Crippen LogP contribution in [0.5, 0.6) is 0 Å². The third-order valence-electron chi connectivity index (χ3n) is 3.73. The van der Waals surface area contributed by atoms with Crippen LogP contribution in [-0.4, -0.2) is 22.9 Å². The first-order valence-electron chi connectivity index (χ1n) is 6.64. The van der Waals surface area contributed by atoms with Crippen molar-refractivity contribution in [2.24, 2.45) is 5.92 Å². The summed E-state index contributed by atoms with van der Waals surface area (Å²) >= 11 is 0. The van der Waals surface area contributed by atoms with Gasteiger partial charge in [0.15, 0.2) is 0 Å². The molecule has 1 aromatic carbocycles. The second kappa shape index (κ2) is 5.96. The molecule has 1 atom stereocenters. The predicted molar refractivity (Wildman–Crippen MR) is 71.4 cm³/mol. The Morgan fingerprint density at radius 2 is 2.11 bits per heavy atom. The second-order valence-corrected chi connectivity index (χ2v) is 5.08. The first kappa shape index (κ1) is 13.0. The van der Waals surface area contributed by atoms with Gasteiger partial charge in [0.1, 0.15) is 0 Å². The summed E-state index contributed by atoms with van der Waals surface area (Å²) in [6, 6.07) is 6.93. The lowest BCUT2D eigenvalue weighted by Gasteiger charge is -2.32. The van der Waals surface area contributed by atoms with Crippen LogP contribution < -0.4 is 0 Å². The molecule has 1 aliphatic heterocycles. The van der Waals surface area contributed by atoms with Gasteiger partial charge in [0, 0.05) is 25.2 Å². The van der Waals surface area contributed by atoms with Gasteiger partial charge < -0.3 is 0 Å². The van der Waals surface area contributed by atoms with E-state index >= 15 is 0 Å². The predicted octanol–water partition coefficient (Wildman–Crippen LogP) is 3.22. The lowest BCUT2D eigenvalue weighted by molar-refractivity contribution is -0.384. The van der Waals surface area contributed by atoms with Gasteiger partial charge >= 0.3 is 0 Å². The largest absolute Gasteiger partial charge is 0.299 e. The van der Waals surface area contributed by atoms with Crippen molar-refractivity contribution >= 4 is 5.69 Å². The van der Waals surface area contributed by atoms with Crippen molar-refractivity contribution in [2.75, 3.05) is 13.1 Å². The number of benzene rings is 1. The van der Waals surface area contributed by atoms with Gasteiger partial charge in [0.25, 0.3) is 5.69 Å². The molecule has 18 heavy (non-hydrogen) atoms. The molecule has 0 spiro atoms. The van der Waals surface area contributed by atoms with E-state index in [1.807, 2.05) is 12.1 Å². The number of piperidine rings is 1. The SMILES string of the molecule is CC[C@H]1CCCN(Cc2ccc([N+](=O)[O-])cc2)C1. The lowest BCUT2D eigenvalue weighted by atomic mass is 9.95. The van der Waals surface area contributed by atoms with Crippen molar-refractivity contribution in [2.45, 2.75) is 32.7 Å². The van der Waals surface area contributed by atoms with Crippen molar-refractivity contribution in [3.63, 3.8) is 0 Å². The molecule has 1 saturated heterocycles. The Morgan fingerprint density at radius 1 is 1.39 bits per heavy atom. The molecule has 2 rings (SSSR count). The molecule has 0 unspecified atom stereocenters. The van der Waals surface area contributed by atoms with Crippen LogP contribution in [0.3, 0.4) is 0 Å². The number of nitrogens with zero attached hydrogens (tertiary/aromatic N) is 2. The molecule has 1 fully saturated rings. The summed E-state index contributed by atoms with van der Waals surface area (Å²) in [7, 11) is 0. The Bertz CT molecular complexity index is 403. The average molecular weight is 248 g/mol. The van der Waals surface area contributed by atoms with Crippen LogP contribution in [0.2, 0.25) is 0 Å². The molecular weight excluding hydrogens is 228 g/mol. The van der Waals surface area contributed by atoms with Gasteiger partial charge in [-0.2, -0.15) is 0 Å². The summed E-state index contributed by atoms with van der Waals surface area (Å²) in [6.07, 6.45) is 3.86. The minimum atomic E-state index is -0.349. The third-order valence-corrected chi connectivity index (χ3v) is 3.73. The number of rotatable bonds is 4. The van der Waals surface area contributed by atoms with Crippen LogP contribution in [-0.2, 0) is 6.54 Å². The number of nitro benzene ring substituents is 1. The zero-order chi connectivity index (χ0) is 13.0. The normalized spacial score (nSPS) is 20.8. The van der Waals surface area contributed by atoms with E-state index in [1.165, 1.54) is 19.3 Å². The van der Waals surface area contributed by atoms with Gasteiger partial charge in [0.2, 0.25) is 0 Å². The summed E-state index contributed by atoms with van der Waals surface area (Å²) in [6.45, 7) is 5.47. The smallest absolute Gasteiger partial charge is 0.269 e. The maximum Gasteiger partial charge on any atom is 0.269 e. The molecule has 0 aromatic heterocycles. The minimum absolute atomic E-state index is 0.170. The van der Waals surface area contributed by atoms with Gasteiger partial charge in [-0.15, -0.1) is 0 Å². The van der Waals surface area contributed by atoms with E-state index in [9.17, 15) is 10.1 Å². The summed E-state index contributed by atoms with van der Waals surface area (Å²) < 4.78 is 0. The maximum atomic E-state index is 10.6. The fourth-order valence-corrected chi connectivity index (χ4v) is 2.61. The van der Waals surface area contributed by atoms with Crippen molar-refractivity contribution in [1.29, 1.82) is 0 Å². The van der Waals surface area contributed by atoms with Crippen molar-refractivity contribution in [1.82, 2.24) is 4.90 Å². The van der Waals surface area contributed by atoms with E-state index in [2.05, 4.69) is 11.8 Å². The van der Waals surface area contributed by atoms with Crippen molar-refractivity contribution in [3.05, 3.63) is 39.9 Å². The number of hydrogen-bond acceptors (Lipinski definition) is 3. The van der Waals surface area contributed by atoms with Crippen LogP contribution in [0, 0.1) is 16.0 Å². The third kappa shape index (κ3) is 3.29. The first-order chi connectivity index (χ1) is 8.69. The fourth-order valence-electron chi connectivity index (χ4n) is 2.61. The molecule has 1 aromatic rings. The maximum absolute atomic E-state index is 10.6. The average Bonchev–Trinajstić information content (AvgIpc) is 2.39. The molecule has 4 nitrogen and oxygen atoms in total. The summed E-state index contributed by atoms with van der Waals surface area (Å²) in [5.41, 5.74) is 1.33. The van der Waals surface area contributed by atoms with E-state index < -0.39 is 0 Å². The van der Waals surface area contributed by atoms with Gasteiger partial charge in [0.05, 0.1) is 4.92 Å². The topological polar surface area (TPSA) is 46.4 Å². The molecule has 1 aliphatic rings. The second-order valence-electron chi connectivity index (χ2n) is 5.08. The highest BCUT2D eigenvalue weighted by molar-refractivity contribution is 5.32. The Labute approximate surface area is 108 Å². The van der Waals surface area contributed by atoms with E-state index in [0.29, 0.717) is 0 Å². The van der Waals surface area contributed by atoms with Crippen LogP contribution >= 0.6 is 0 Å². The fraction of sp³-hybridized carbons (Fsp3) is 0.571. The van der Waals surface area contributed by atoms with E-state index in [4.69, 9.17) is 0 Å². The minimum Gasteiger partial charge on any atom is -0.299 e. The number of nitro groups is 1. The highest BCUT2D eigenvalue weighted by atomic mass is 16.6. The lowest BCUT2D eigenvalue weighted by Crippen LogP contribution is -2.34. The van der Waals surface area contributed by atoms with Gasteiger partial charge in [-0.25, -0.2) is 0 Å². The summed E-state index contributed by atoms with van der Waals surface area (Å²) in [5, 5.41) is 10.6. The van der Waals surface area contributed by atoms with E-state index in [-0.39, 0.29) is 10.6 Å². The monoisotopic (exact) mass is 248 g/mol. The molecule has 0 aliphatic carbocycles. The Balaban J connectivity index is 1.94. The molecular formula is C14H20N2O2.